The summed E-state index contributed by atoms with van der Waals surface area (Å²) >= 11 is 0. The van der Waals surface area contributed by atoms with E-state index in [1.165, 1.54) is 0 Å². The third-order valence-corrected chi connectivity index (χ3v) is 2.09. The highest BCUT2D eigenvalue weighted by molar-refractivity contribution is 4.92. The van der Waals surface area contributed by atoms with Crippen LogP contribution in [0.2, 0.25) is 0 Å². The fraction of sp³-hybridized carbons (Fsp3) is 1.00. The molecule has 3 unspecified atom stereocenters. The zero-order chi connectivity index (χ0) is 8.01. The lowest BCUT2D eigenvalue weighted by Gasteiger charge is -2.32. The van der Waals surface area contributed by atoms with Crippen molar-refractivity contribution in [2.75, 3.05) is 6.61 Å². The van der Waals surface area contributed by atoms with E-state index in [9.17, 15) is 10.2 Å². The van der Waals surface area contributed by atoms with Crippen LogP contribution >= 0.6 is 0 Å². The zero-order valence-electron chi connectivity index (χ0n) is 5.75. The Labute approximate surface area is 63.2 Å². The van der Waals surface area contributed by atoms with Crippen molar-refractivity contribution in [1.82, 2.24) is 0 Å². The minimum Gasteiger partial charge on any atom is -0.387 e. The molecule has 11 heavy (non-hydrogen) atoms. The number of rotatable bonds is 0. The number of hydrogen-bond acceptors (Lipinski definition) is 5. The Bertz CT molecular complexity index is 141. The summed E-state index contributed by atoms with van der Waals surface area (Å²) in [7, 11) is 0. The summed E-state index contributed by atoms with van der Waals surface area (Å²) in [6, 6.07) is 0. The molecule has 0 aliphatic carbocycles. The van der Waals surface area contributed by atoms with Gasteiger partial charge >= 0.3 is 0 Å². The van der Waals surface area contributed by atoms with Crippen molar-refractivity contribution in [3.63, 3.8) is 0 Å². The summed E-state index contributed by atoms with van der Waals surface area (Å²) in [6.45, 7) is 0.236. The molecule has 2 heterocycles. The molecular formula is C6H10O5. The van der Waals surface area contributed by atoms with Gasteiger partial charge in [-0.3, -0.25) is 0 Å². The van der Waals surface area contributed by atoms with E-state index in [-0.39, 0.29) is 6.61 Å². The topological polar surface area (TPSA) is 79.2 Å². The molecule has 5 nitrogen and oxygen atoms in total. The first kappa shape index (κ1) is 7.45. The Kier molecular flexibility index (Phi) is 1.62. The van der Waals surface area contributed by atoms with Crippen molar-refractivity contribution in [3.8, 4) is 0 Å². The molecule has 0 saturated carbocycles. The predicted molar refractivity (Wildman–Crippen MR) is 32.6 cm³/mol. The standard InChI is InChI=1S/C6H10O5/c7-3-2-1-10-6(11-2)5(9)4(3)8/h2-9H,1H2/t2?,3-,4?,5?,6-/m0/s1. The van der Waals surface area contributed by atoms with E-state index >= 15 is 0 Å². The molecule has 0 spiro atoms. The van der Waals surface area contributed by atoms with E-state index in [0.29, 0.717) is 0 Å². The van der Waals surface area contributed by atoms with Crippen LogP contribution in [0.5, 0.6) is 0 Å². The monoisotopic (exact) mass is 162 g/mol. The number of ether oxygens (including phenoxy) is 2. The van der Waals surface area contributed by atoms with E-state index in [4.69, 9.17) is 14.6 Å². The van der Waals surface area contributed by atoms with Gasteiger partial charge in [-0.25, -0.2) is 0 Å². The first-order chi connectivity index (χ1) is 5.20. The van der Waals surface area contributed by atoms with Gasteiger partial charge in [0.15, 0.2) is 6.29 Å². The molecule has 5 heteroatoms. The molecule has 2 fully saturated rings. The molecule has 0 aromatic heterocycles. The van der Waals surface area contributed by atoms with Crippen LogP contribution in [0.15, 0.2) is 0 Å². The van der Waals surface area contributed by atoms with Gasteiger partial charge in [0.05, 0.1) is 6.61 Å². The summed E-state index contributed by atoms with van der Waals surface area (Å²) in [4.78, 5) is 0. The summed E-state index contributed by atoms with van der Waals surface area (Å²) in [5.74, 6) is 0. The molecule has 2 rings (SSSR count). The van der Waals surface area contributed by atoms with Gasteiger partial charge in [0.1, 0.15) is 24.4 Å². The largest absolute Gasteiger partial charge is 0.387 e. The third-order valence-electron chi connectivity index (χ3n) is 2.09. The second-order valence-electron chi connectivity index (χ2n) is 2.85. The number of aliphatic hydroxyl groups is 3. The minimum atomic E-state index is -1.15. The molecule has 2 saturated heterocycles. The van der Waals surface area contributed by atoms with Crippen molar-refractivity contribution >= 4 is 0 Å². The van der Waals surface area contributed by atoms with Crippen molar-refractivity contribution in [3.05, 3.63) is 0 Å². The minimum absolute atomic E-state index is 0.236. The number of fused-ring (bicyclic) bond motifs is 2. The van der Waals surface area contributed by atoms with Gasteiger partial charge in [-0.2, -0.15) is 0 Å². The summed E-state index contributed by atoms with van der Waals surface area (Å²) in [5.41, 5.74) is 0. The second kappa shape index (κ2) is 2.40. The van der Waals surface area contributed by atoms with Crippen LogP contribution in [0.3, 0.4) is 0 Å². The molecule has 3 N–H and O–H groups in total. The molecule has 0 aromatic carbocycles. The Morgan fingerprint density at radius 1 is 1.00 bits per heavy atom. The lowest BCUT2D eigenvalue weighted by atomic mass is 10.0. The molecule has 0 amide bonds. The van der Waals surface area contributed by atoms with Gasteiger partial charge in [0, 0.05) is 0 Å². The first-order valence-electron chi connectivity index (χ1n) is 3.51. The normalized spacial score (nSPS) is 56.5. The highest BCUT2D eigenvalue weighted by Crippen LogP contribution is 2.27. The molecule has 0 aromatic rings. The average Bonchev–Trinajstić information content (AvgIpc) is 2.44. The maximum atomic E-state index is 9.22. The van der Waals surface area contributed by atoms with Crippen LogP contribution in [0.1, 0.15) is 0 Å². The molecular weight excluding hydrogens is 152 g/mol. The zero-order valence-corrected chi connectivity index (χ0v) is 5.75. The van der Waals surface area contributed by atoms with E-state index in [0.717, 1.165) is 0 Å². The second-order valence-corrected chi connectivity index (χ2v) is 2.85. The molecule has 2 aliphatic rings. The Hall–Kier alpha value is -0.200. The molecule has 2 bridgehead atoms. The maximum Gasteiger partial charge on any atom is 0.186 e. The Morgan fingerprint density at radius 2 is 1.73 bits per heavy atom. The summed E-state index contributed by atoms with van der Waals surface area (Å²) < 4.78 is 9.95. The van der Waals surface area contributed by atoms with Gasteiger partial charge < -0.3 is 24.8 Å². The highest BCUT2D eigenvalue weighted by atomic mass is 16.7. The van der Waals surface area contributed by atoms with Gasteiger partial charge in [-0.05, 0) is 0 Å². The molecule has 64 valence electrons. The van der Waals surface area contributed by atoms with Gasteiger partial charge in [-0.1, -0.05) is 0 Å². The molecule has 0 radical (unpaired) electrons. The highest BCUT2D eigenvalue weighted by Gasteiger charge is 2.48. The predicted octanol–water partition coefficient (Wildman–Crippen LogP) is -2.18. The Balaban J connectivity index is 2.16. The van der Waals surface area contributed by atoms with Crippen LogP contribution in [0.4, 0.5) is 0 Å². The average molecular weight is 162 g/mol. The van der Waals surface area contributed by atoms with E-state index in [2.05, 4.69) is 0 Å². The van der Waals surface area contributed by atoms with Crippen molar-refractivity contribution in [2.24, 2.45) is 0 Å². The fourth-order valence-electron chi connectivity index (χ4n) is 1.38. The summed E-state index contributed by atoms with van der Waals surface area (Å²) in [5, 5.41) is 27.6. The van der Waals surface area contributed by atoms with Crippen LogP contribution < -0.4 is 0 Å². The first-order valence-corrected chi connectivity index (χ1v) is 3.51. The van der Waals surface area contributed by atoms with E-state index < -0.39 is 30.7 Å². The van der Waals surface area contributed by atoms with Crippen molar-refractivity contribution in [1.29, 1.82) is 0 Å². The van der Waals surface area contributed by atoms with Crippen LogP contribution in [-0.4, -0.2) is 52.6 Å². The lowest BCUT2D eigenvalue weighted by Crippen LogP contribution is -2.53. The van der Waals surface area contributed by atoms with Gasteiger partial charge in [0.2, 0.25) is 0 Å². The lowest BCUT2D eigenvalue weighted by molar-refractivity contribution is -0.228. The number of hydrogen-bond donors (Lipinski definition) is 3. The van der Waals surface area contributed by atoms with E-state index in [1.807, 2.05) is 0 Å². The maximum absolute atomic E-state index is 9.22. The van der Waals surface area contributed by atoms with Crippen molar-refractivity contribution < 1.29 is 24.8 Å². The fourth-order valence-corrected chi connectivity index (χ4v) is 1.38. The molecule has 2 aliphatic heterocycles. The SMILES string of the molecule is OC1C(O)[C@@H](O)C2CO[C@H]1O2. The van der Waals surface area contributed by atoms with Crippen LogP contribution in [0, 0.1) is 0 Å². The molecule has 5 atom stereocenters. The van der Waals surface area contributed by atoms with Crippen molar-refractivity contribution in [2.45, 2.75) is 30.7 Å². The van der Waals surface area contributed by atoms with Gasteiger partial charge in [-0.15, -0.1) is 0 Å². The Morgan fingerprint density at radius 3 is 2.45 bits per heavy atom. The van der Waals surface area contributed by atoms with Crippen LogP contribution in [-0.2, 0) is 9.47 Å². The van der Waals surface area contributed by atoms with Gasteiger partial charge in [0.25, 0.3) is 0 Å². The summed E-state index contributed by atoms with van der Waals surface area (Å²) in [6.07, 6.45) is -4.58. The third kappa shape index (κ3) is 0.969. The van der Waals surface area contributed by atoms with E-state index in [1.54, 1.807) is 0 Å². The van der Waals surface area contributed by atoms with Crippen LogP contribution in [0.25, 0.3) is 0 Å². The number of aliphatic hydroxyl groups excluding tert-OH is 3. The smallest absolute Gasteiger partial charge is 0.186 e. The quantitative estimate of drug-likeness (QED) is 0.377.